The third-order valence-electron chi connectivity index (χ3n) is 5.21. The van der Waals surface area contributed by atoms with Crippen molar-refractivity contribution in [2.24, 2.45) is 0 Å². The molecule has 0 unspecified atom stereocenters. The van der Waals surface area contributed by atoms with Crippen molar-refractivity contribution in [2.75, 3.05) is 7.05 Å². The Morgan fingerprint density at radius 2 is 2.03 bits per heavy atom. The average Bonchev–Trinajstić information content (AvgIpc) is 3.38. The third-order valence-corrected chi connectivity index (χ3v) is 5.61. The molecular weight excluding hydrogens is 400 g/mol. The Bertz CT molecular complexity index is 1010. The number of benzene rings is 1. The first kappa shape index (κ1) is 21.8. The van der Waals surface area contributed by atoms with Gasteiger partial charge in [-0.3, -0.25) is 9.48 Å². The van der Waals surface area contributed by atoms with Crippen LogP contribution in [0.4, 0.5) is 0 Å². The van der Waals surface area contributed by atoms with Crippen LogP contribution in [0.1, 0.15) is 49.6 Å². The molecule has 30 heavy (non-hydrogen) atoms. The number of hydrogen-bond acceptors (Lipinski definition) is 4. The van der Waals surface area contributed by atoms with Crippen LogP contribution in [-0.4, -0.2) is 42.4 Å². The number of halogens is 1. The maximum absolute atomic E-state index is 12.7. The molecule has 8 heteroatoms. The molecule has 0 N–H and O–H groups in total. The first-order valence-electron chi connectivity index (χ1n) is 10.0. The number of unbranched alkanes of at least 4 members (excludes halogenated alkanes) is 1. The van der Waals surface area contributed by atoms with Crippen LogP contribution in [0, 0.1) is 6.92 Å². The summed E-state index contributed by atoms with van der Waals surface area (Å²) in [6.07, 6.45) is 8.54. The molecule has 2 heterocycles. The Morgan fingerprint density at radius 3 is 2.67 bits per heavy atom. The SMILES string of the molecule is CCCCn1nc(C)c(/C=C/C(=O)N(C)[C@H](C)c2ccc(-n3cncn3)cc2)c1Cl. The molecule has 0 aliphatic heterocycles. The van der Waals surface area contributed by atoms with Gasteiger partial charge in [0.15, 0.2) is 0 Å². The van der Waals surface area contributed by atoms with Crippen molar-refractivity contribution in [1.82, 2.24) is 29.4 Å². The summed E-state index contributed by atoms with van der Waals surface area (Å²) < 4.78 is 3.49. The lowest BCUT2D eigenvalue weighted by Gasteiger charge is -2.24. The van der Waals surface area contributed by atoms with Crippen LogP contribution in [-0.2, 0) is 11.3 Å². The number of aromatic nitrogens is 5. The molecule has 3 aromatic rings. The lowest BCUT2D eigenvalue weighted by atomic mass is 10.1. The minimum atomic E-state index is -0.0976. The number of likely N-dealkylation sites (N-methyl/N-ethyl adjacent to an activating group) is 1. The van der Waals surface area contributed by atoms with Crippen LogP contribution >= 0.6 is 11.6 Å². The molecule has 0 saturated heterocycles. The summed E-state index contributed by atoms with van der Waals surface area (Å²) in [7, 11) is 1.79. The number of hydrogen-bond donors (Lipinski definition) is 0. The summed E-state index contributed by atoms with van der Waals surface area (Å²) in [6, 6.07) is 7.82. The van der Waals surface area contributed by atoms with Gasteiger partial charge in [-0.2, -0.15) is 10.2 Å². The second-order valence-electron chi connectivity index (χ2n) is 7.26. The van der Waals surface area contributed by atoms with Crippen molar-refractivity contribution in [1.29, 1.82) is 0 Å². The van der Waals surface area contributed by atoms with Gasteiger partial charge in [-0.05, 0) is 44.0 Å². The van der Waals surface area contributed by atoms with Crippen molar-refractivity contribution >= 4 is 23.6 Å². The van der Waals surface area contributed by atoms with Gasteiger partial charge in [-0.25, -0.2) is 9.67 Å². The number of nitrogens with zero attached hydrogens (tertiary/aromatic N) is 6. The van der Waals surface area contributed by atoms with Gasteiger partial charge in [0.05, 0.1) is 17.4 Å². The molecule has 0 spiro atoms. The Hall–Kier alpha value is -2.93. The molecule has 3 rings (SSSR count). The monoisotopic (exact) mass is 426 g/mol. The van der Waals surface area contributed by atoms with Crippen LogP contribution in [0.2, 0.25) is 5.15 Å². The third kappa shape index (κ3) is 4.79. The fraction of sp³-hybridized carbons (Fsp3) is 0.364. The van der Waals surface area contributed by atoms with E-state index in [1.165, 1.54) is 6.33 Å². The Labute approximate surface area is 182 Å². The molecule has 0 radical (unpaired) electrons. The maximum Gasteiger partial charge on any atom is 0.246 e. The largest absolute Gasteiger partial charge is 0.335 e. The standard InChI is InChI=1S/C22H27ClN6O/c1-5-6-13-28-22(23)20(16(2)26-28)11-12-21(30)27(4)17(3)18-7-9-19(10-8-18)29-15-24-14-25-29/h7-12,14-15,17H,5-6,13H2,1-4H3/b12-11+/t17-/m1/s1. The molecule has 1 aromatic carbocycles. The van der Waals surface area contributed by atoms with E-state index < -0.39 is 0 Å². The fourth-order valence-corrected chi connectivity index (χ4v) is 3.47. The number of rotatable bonds is 8. The van der Waals surface area contributed by atoms with Crippen molar-refractivity contribution in [3.05, 3.63) is 65.0 Å². The molecule has 0 bridgehead atoms. The molecule has 1 atom stereocenters. The molecule has 0 saturated carbocycles. The highest BCUT2D eigenvalue weighted by atomic mass is 35.5. The first-order chi connectivity index (χ1) is 14.4. The van der Waals surface area contributed by atoms with Gasteiger partial charge in [-0.15, -0.1) is 0 Å². The Morgan fingerprint density at radius 1 is 1.30 bits per heavy atom. The summed E-state index contributed by atoms with van der Waals surface area (Å²) in [4.78, 5) is 18.4. The van der Waals surface area contributed by atoms with Gasteiger partial charge in [-0.1, -0.05) is 37.1 Å². The van der Waals surface area contributed by atoms with Crippen LogP contribution < -0.4 is 0 Å². The van der Waals surface area contributed by atoms with E-state index >= 15 is 0 Å². The van der Waals surface area contributed by atoms with Crippen molar-refractivity contribution in [3.8, 4) is 5.69 Å². The number of carbonyl (C=O) groups is 1. The van der Waals surface area contributed by atoms with Gasteiger partial charge < -0.3 is 4.90 Å². The molecule has 1 amide bonds. The quantitative estimate of drug-likeness (QED) is 0.499. The van der Waals surface area contributed by atoms with Gasteiger partial charge in [0.1, 0.15) is 17.8 Å². The van der Waals surface area contributed by atoms with Crippen LogP contribution in [0.15, 0.2) is 43.0 Å². The molecule has 158 valence electrons. The van der Waals surface area contributed by atoms with Crippen molar-refractivity contribution in [3.63, 3.8) is 0 Å². The summed E-state index contributed by atoms with van der Waals surface area (Å²) >= 11 is 6.46. The van der Waals surface area contributed by atoms with Gasteiger partial charge >= 0.3 is 0 Å². The summed E-state index contributed by atoms with van der Waals surface area (Å²) in [5.74, 6) is -0.0976. The lowest BCUT2D eigenvalue weighted by molar-refractivity contribution is -0.126. The second-order valence-corrected chi connectivity index (χ2v) is 7.61. The average molecular weight is 427 g/mol. The van der Waals surface area contributed by atoms with Crippen LogP contribution in [0.25, 0.3) is 11.8 Å². The zero-order valence-corrected chi connectivity index (χ0v) is 18.5. The van der Waals surface area contributed by atoms with Crippen molar-refractivity contribution in [2.45, 2.75) is 46.2 Å². The van der Waals surface area contributed by atoms with Gasteiger partial charge in [0, 0.05) is 25.2 Å². The van der Waals surface area contributed by atoms with E-state index in [2.05, 4.69) is 22.1 Å². The normalized spacial score (nSPS) is 12.4. The smallest absolute Gasteiger partial charge is 0.246 e. The van der Waals surface area contributed by atoms with Crippen LogP contribution in [0.3, 0.4) is 0 Å². The summed E-state index contributed by atoms with van der Waals surface area (Å²) in [6.45, 7) is 6.81. The minimum Gasteiger partial charge on any atom is -0.335 e. The Balaban J connectivity index is 1.69. The van der Waals surface area contributed by atoms with E-state index in [9.17, 15) is 4.79 Å². The molecule has 0 fully saturated rings. The predicted molar refractivity (Wildman–Crippen MR) is 118 cm³/mol. The van der Waals surface area contributed by atoms with E-state index in [1.807, 2.05) is 38.1 Å². The van der Waals surface area contributed by atoms with E-state index in [0.717, 1.165) is 41.9 Å². The molecule has 0 aliphatic rings. The highest BCUT2D eigenvalue weighted by Crippen LogP contribution is 2.23. The number of amides is 1. The highest BCUT2D eigenvalue weighted by molar-refractivity contribution is 6.31. The van der Waals surface area contributed by atoms with E-state index in [-0.39, 0.29) is 11.9 Å². The number of aryl methyl sites for hydroxylation is 2. The molecular formula is C22H27ClN6O. The minimum absolute atomic E-state index is 0.0872. The highest BCUT2D eigenvalue weighted by Gasteiger charge is 2.17. The Kier molecular flexibility index (Phi) is 7.05. The zero-order valence-electron chi connectivity index (χ0n) is 17.8. The fourth-order valence-electron chi connectivity index (χ4n) is 3.15. The predicted octanol–water partition coefficient (Wildman–Crippen LogP) is 4.46. The summed E-state index contributed by atoms with van der Waals surface area (Å²) in [5.41, 5.74) is 3.56. The topological polar surface area (TPSA) is 68.8 Å². The van der Waals surface area contributed by atoms with E-state index in [1.54, 1.807) is 39.8 Å². The van der Waals surface area contributed by atoms with Crippen LogP contribution in [0.5, 0.6) is 0 Å². The number of carbonyl (C=O) groups excluding carboxylic acids is 1. The van der Waals surface area contributed by atoms with E-state index in [4.69, 9.17) is 11.6 Å². The zero-order chi connectivity index (χ0) is 21.7. The maximum atomic E-state index is 12.7. The molecule has 7 nitrogen and oxygen atoms in total. The summed E-state index contributed by atoms with van der Waals surface area (Å²) in [5, 5.41) is 9.18. The lowest BCUT2D eigenvalue weighted by Crippen LogP contribution is -2.28. The second kappa shape index (κ2) is 9.71. The van der Waals surface area contributed by atoms with Crippen molar-refractivity contribution < 1.29 is 4.79 Å². The molecule has 2 aromatic heterocycles. The van der Waals surface area contributed by atoms with E-state index in [0.29, 0.717) is 5.15 Å². The molecule has 0 aliphatic carbocycles. The van der Waals surface area contributed by atoms with Gasteiger partial charge in [0.2, 0.25) is 5.91 Å². The first-order valence-corrected chi connectivity index (χ1v) is 10.4. The van der Waals surface area contributed by atoms with Gasteiger partial charge in [0.25, 0.3) is 0 Å².